The second-order valence-corrected chi connectivity index (χ2v) is 8.07. The van der Waals surface area contributed by atoms with Crippen LogP contribution >= 0.6 is 0 Å². The first-order valence-electron chi connectivity index (χ1n) is 8.82. The van der Waals surface area contributed by atoms with Gasteiger partial charge in [0.15, 0.2) is 5.78 Å². The third-order valence-corrected chi connectivity index (χ3v) is 7.11. The molecule has 2 saturated heterocycles. The topological polar surface area (TPSA) is 126 Å². The van der Waals surface area contributed by atoms with E-state index in [9.17, 15) is 24.9 Å². The molecule has 8 nitrogen and oxygen atoms in total. The Morgan fingerprint density at radius 3 is 2.62 bits per heavy atom. The van der Waals surface area contributed by atoms with Crippen molar-refractivity contribution in [1.29, 1.82) is 0 Å². The first kappa shape index (κ1) is 18.1. The number of carbonyl (C=O) groups excluding carboxylic acids is 2. The van der Waals surface area contributed by atoms with Crippen LogP contribution < -0.4 is 0 Å². The van der Waals surface area contributed by atoms with Crippen molar-refractivity contribution in [2.24, 2.45) is 10.8 Å². The fourth-order valence-electron chi connectivity index (χ4n) is 5.56. The van der Waals surface area contributed by atoms with Crippen molar-refractivity contribution >= 4 is 11.8 Å². The van der Waals surface area contributed by atoms with Crippen LogP contribution in [0.1, 0.15) is 27.2 Å². The number of aliphatic hydroxyl groups excluding tert-OH is 3. The second kappa shape index (κ2) is 5.36. The maximum atomic E-state index is 12.6. The van der Waals surface area contributed by atoms with Gasteiger partial charge in [-0.25, -0.2) is 0 Å². The SMILES string of the molecule is CC(=O)O[C@@H]1C[C@@H](O)[C@H]2O[C@@H]3C=C(C)C(=O)[C@@H](O)[C@]3(CO)[C@]1(C)[C@@]21CO1. The molecule has 2 heterocycles. The van der Waals surface area contributed by atoms with Crippen molar-refractivity contribution in [3.8, 4) is 0 Å². The number of fused-ring (bicyclic) bond motifs is 2. The Labute approximate surface area is 150 Å². The van der Waals surface area contributed by atoms with E-state index in [1.807, 2.05) is 0 Å². The Morgan fingerprint density at radius 2 is 2.08 bits per heavy atom. The summed E-state index contributed by atoms with van der Waals surface area (Å²) in [5, 5.41) is 32.0. The minimum Gasteiger partial charge on any atom is -0.462 e. The molecular weight excluding hydrogens is 344 g/mol. The molecule has 8 heteroatoms. The number of epoxide rings is 1. The van der Waals surface area contributed by atoms with E-state index in [1.165, 1.54) is 6.92 Å². The predicted octanol–water partition coefficient (Wildman–Crippen LogP) is -0.906. The molecule has 3 N–H and O–H groups in total. The largest absolute Gasteiger partial charge is 0.462 e. The minimum atomic E-state index is -1.54. The molecule has 0 aromatic rings. The van der Waals surface area contributed by atoms with Crippen LogP contribution in [0.15, 0.2) is 11.6 Å². The fraction of sp³-hybridized carbons (Fsp3) is 0.778. The van der Waals surface area contributed by atoms with Gasteiger partial charge in [0.25, 0.3) is 0 Å². The lowest BCUT2D eigenvalue weighted by molar-refractivity contribution is -0.327. The zero-order valence-electron chi connectivity index (χ0n) is 15.0. The average Bonchev–Trinajstić information content (AvgIpc) is 3.36. The highest BCUT2D eigenvalue weighted by atomic mass is 16.6. The highest BCUT2D eigenvalue weighted by Crippen LogP contribution is 2.69. The van der Waals surface area contributed by atoms with Crippen molar-refractivity contribution in [3.05, 3.63) is 11.6 Å². The normalized spacial score (nSPS) is 52.3. The van der Waals surface area contributed by atoms with Gasteiger partial charge in [-0.2, -0.15) is 0 Å². The van der Waals surface area contributed by atoms with Crippen LogP contribution in [-0.2, 0) is 23.8 Å². The Morgan fingerprint density at radius 1 is 1.42 bits per heavy atom. The molecule has 144 valence electrons. The third-order valence-electron chi connectivity index (χ3n) is 7.11. The van der Waals surface area contributed by atoms with Crippen LogP contribution in [0.25, 0.3) is 0 Å². The van der Waals surface area contributed by atoms with Crippen LogP contribution in [-0.4, -0.2) is 76.4 Å². The Kier molecular flexibility index (Phi) is 3.72. The number of ketones is 1. The molecule has 1 saturated carbocycles. The molecule has 0 unspecified atom stereocenters. The quantitative estimate of drug-likeness (QED) is 0.423. The van der Waals surface area contributed by atoms with Gasteiger partial charge in [0.2, 0.25) is 0 Å². The Hall–Kier alpha value is -1.32. The van der Waals surface area contributed by atoms with Gasteiger partial charge >= 0.3 is 5.97 Å². The molecular formula is C18H24O8. The maximum Gasteiger partial charge on any atom is 0.302 e. The molecule has 4 rings (SSSR count). The van der Waals surface area contributed by atoms with Crippen molar-refractivity contribution in [2.45, 2.75) is 63.3 Å². The van der Waals surface area contributed by atoms with Gasteiger partial charge in [-0.3, -0.25) is 9.59 Å². The van der Waals surface area contributed by atoms with Gasteiger partial charge in [0.1, 0.15) is 23.9 Å². The monoisotopic (exact) mass is 368 g/mol. The van der Waals surface area contributed by atoms with Crippen LogP contribution in [0, 0.1) is 10.8 Å². The van der Waals surface area contributed by atoms with E-state index in [-0.39, 0.29) is 13.0 Å². The number of carbonyl (C=O) groups is 2. The van der Waals surface area contributed by atoms with Crippen LogP contribution in [0.3, 0.4) is 0 Å². The average molecular weight is 368 g/mol. The van der Waals surface area contributed by atoms with Crippen molar-refractivity contribution in [3.63, 3.8) is 0 Å². The van der Waals surface area contributed by atoms with E-state index in [0.717, 1.165) is 0 Å². The van der Waals surface area contributed by atoms with E-state index in [1.54, 1.807) is 19.9 Å². The Bertz CT molecular complexity index is 697. The lowest BCUT2D eigenvalue weighted by Crippen LogP contribution is -2.80. The predicted molar refractivity (Wildman–Crippen MR) is 85.9 cm³/mol. The number of Topliss-reactive ketones (excluding diaryl/α,β-unsaturated/α-hetero) is 1. The summed E-state index contributed by atoms with van der Waals surface area (Å²) in [6, 6.07) is 0. The van der Waals surface area contributed by atoms with Crippen LogP contribution in [0.2, 0.25) is 0 Å². The third kappa shape index (κ3) is 1.81. The maximum absolute atomic E-state index is 12.6. The van der Waals surface area contributed by atoms with Gasteiger partial charge in [-0.15, -0.1) is 0 Å². The van der Waals surface area contributed by atoms with Crippen LogP contribution in [0.5, 0.6) is 0 Å². The Balaban J connectivity index is 1.95. The summed E-state index contributed by atoms with van der Waals surface area (Å²) in [7, 11) is 0. The van der Waals surface area contributed by atoms with Crippen LogP contribution in [0.4, 0.5) is 0 Å². The van der Waals surface area contributed by atoms with E-state index in [0.29, 0.717) is 5.57 Å². The first-order chi connectivity index (χ1) is 12.2. The molecule has 8 atom stereocenters. The standard InChI is InChI=1S/C18H24O8/c1-8-4-12-17(6-19,14(23)13(8)22)16(3)11(25-9(2)20)5-10(21)15(26-12)18(16)7-24-18/h4,10-12,14-15,19,21,23H,5-7H2,1-3H3/t10-,11-,12-,14-,15-,16-,17-,18-/m1/s1. The molecule has 0 amide bonds. The van der Waals surface area contributed by atoms with Crippen molar-refractivity contribution < 1.29 is 39.1 Å². The first-order valence-corrected chi connectivity index (χ1v) is 8.82. The fourth-order valence-corrected chi connectivity index (χ4v) is 5.56. The molecule has 0 radical (unpaired) electrons. The van der Waals surface area contributed by atoms with Gasteiger partial charge in [-0.1, -0.05) is 6.92 Å². The van der Waals surface area contributed by atoms with E-state index < -0.39 is 65.3 Å². The molecule has 26 heavy (non-hydrogen) atoms. The van der Waals surface area contributed by atoms with E-state index in [4.69, 9.17) is 14.2 Å². The number of rotatable bonds is 2. The number of esters is 1. The zero-order chi connectivity index (χ0) is 19.1. The summed E-state index contributed by atoms with van der Waals surface area (Å²) in [6.07, 6.45) is -3.19. The summed E-state index contributed by atoms with van der Waals surface area (Å²) in [6.45, 7) is 4.25. The summed E-state index contributed by atoms with van der Waals surface area (Å²) >= 11 is 0. The lowest BCUT2D eigenvalue weighted by atomic mass is 9.44. The molecule has 4 aliphatic rings. The number of hydrogen-bond acceptors (Lipinski definition) is 8. The molecule has 0 aromatic carbocycles. The molecule has 1 spiro atoms. The lowest BCUT2D eigenvalue weighted by Gasteiger charge is -2.66. The van der Waals surface area contributed by atoms with Gasteiger partial charge in [0.05, 0.1) is 36.3 Å². The molecule has 3 fully saturated rings. The van der Waals surface area contributed by atoms with Gasteiger partial charge < -0.3 is 29.5 Å². The molecule has 2 aliphatic heterocycles. The number of hydrogen-bond donors (Lipinski definition) is 3. The van der Waals surface area contributed by atoms with Gasteiger partial charge in [0, 0.05) is 13.3 Å². The molecule has 0 aromatic heterocycles. The van der Waals surface area contributed by atoms with Gasteiger partial charge in [-0.05, 0) is 18.6 Å². The zero-order valence-corrected chi connectivity index (χ0v) is 15.0. The van der Waals surface area contributed by atoms with Crippen molar-refractivity contribution in [1.82, 2.24) is 0 Å². The smallest absolute Gasteiger partial charge is 0.302 e. The summed E-state index contributed by atoms with van der Waals surface area (Å²) in [5.74, 6) is -1.04. The number of ether oxygens (including phenoxy) is 3. The van der Waals surface area contributed by atoms with E-state index in [2.05, 4.69) is 0 Å². The minimum absolute atomic E-state index is 0.0733. The second-order valence-electron chi connectivity index (χ2n) is 8.07. The summed E-state index contributed by atoms with van der Waals surface area (Å²) in [4.78, 5) is 24.3. The molecule has 2 bridgehead atoms. The summed E-state index contributed by atoms with van der Waals surface area (Å²) in [5.41, 5.74) is -3.28. The molecule has 2 aliphatic carbocycles. The van der Waals surface area contributed by atoms with E-state index >= 15 is 0 Å². The summed E-state index contributed by atoms with van der Waals surface area (Å²) < 4.78 is 17.4. The number of aliphatic hydroxyl groups is 3. The van der Waals surface area contributed by atoms with Crippen molar-refractivity contribution in [2.75, 3.05) is 13.2 Å². The highest BCUT2D eigenvalue weighted by Gasteiger charge is 2.83. The highest BCUT2D eigenvalue weighted by molar-refractivity contribution is 6.00.